The van der Waals surface area contributed by atoms with Crippen LogP contribution in [0, 0.1) is 11.6 Å². The number of nitrogens with zero attached hydrogens (tertiary/aromatic N) is 2. The van der Waals surface area contributed by atoms with Crippen molar-refractivity contribution in [1.29, 1.82) is 0 Å². The zero-order chi connectivity index (χ0) is 15.1. The highest BCUT2D eigenvalue weighted by Crippen LogP contribution is 2.27. The van der Waals surface area contributed by atoms with Crippen LogP contribution in [0.5, 0.6) is 0 Å². The maximum atomic E-state index is 14.0. The number of benzene rings is 1. The molecule has 2 heterocycles. The van der Waals surface area contributed by atoms with Gasteiger partial charge >= 0.3 is 0 Å². The molecule has 0 radical (unpaired) electrons. The highest BCUT2D eigenvalue weighted by Gasteiger charge is 2.15. The first kappa shape index (κ1) is 14.0. The molecule has 0 fully saturated rings. The van der Waals surface area contributed by atoms with Gasteiger partial charge in [0.05, 0.1) is 10.4 Å². The monoisotopic (exact) mass is 326 g/mol. The maximum Gasteiger partial charge on any atom is 0.191 e. The summed E-state index contributed by atoms with van der Waals surface area (Å²) in [7, 11) is 0. The molecule has 0 aliphatic carbocycles. The van der Waals surface area contributed by atoms with Crippen LogP contribution in [0.4, 0.5) is 8.78 Å². The lowest BCUT2D eigenvalue weighted by atomic mass is 10.2. The van der Waals surface area contributed by atoms with Gasteiger partial charge in [-0.15, -0.1) is 0 Å². The summed E-state index contributed by atoms with van der Waals surface area (Å²) in [5.74, 6) is -1.66. The fourth-order valence-electron chi connectivity index (χ4n) is 2.05. The quantitative estimate of drug-likeness (QED) is 0.634. The van der Waals surface area contributed by atoms with Crippen LogP contribution >= 0.6 is 23.2 Å². The predicted octanol–water partition coefficient (Wildman–Crippen LogP) is 3.97. The minimum absolute atomic E-state index is 0.0992. The van der Waals surface area contributed by atoms with Gasteiger partial charge in [0.2, 0.25) is 0 Å². The first-order valence-corrected chi connectivity index (χ1v) is 6.56. The Balaban J connectivity index is 2.44. The normalized spacial score (nSPS) is 11.0. The van der Waals surface area contributed by atoms with Crippen molar-refractivity contribution >= 4 is 34.2 Å². The van der Waals surface area contributed by atoms with Crippen molar-refractivity contribution in [2.24, 2.45) is 0 Å². The van der Waals surface area contributed by atoms with Crippen LogP contribution in [0.25, 0.3) is 16.7 Å². The van der Waals surface area contributed by atoms with Crippen molar-refractivity contribution in [3.8, 4) is 5.69 Å². The average Bonchev–Trinajstić information content (AvgIpc) is 2.40. The lowest BCUT2D eigenvalue weighted by Crippen LogP contribution is -2.10. The number of pyridine rings is 2. The summed E-state index contributed by atoms with van der Waals surface area (Å²) in [5, 5.41) is 0.251. The lowest BCUT2D eigenvalue weighted by Gasteiger charge is -2.12. The predicted molar refractivity (Wildman–Crippen MR) is 77.3 cm³/mol. The molecule has 0 atom stereocenters. The third kappa shape index (κ3) is 2.39. The van der Waals surface area contributed by atoms with Gasteiger partial charge in [0.25, 0.3) is 0 Å². The fourth-order valence-corrected chi connectivity index (χ4v) is 2.48. The van der Waals surface area contributed by atoms with Crippen molar-refractivity contribution in [1.82, 2.24) is 9.55 Å². The summed E-state index contributed by atoms with van der Waals surface area (Å²) in [6, 6.07) is 5.87. The summed E-state index contributed by atoms with van der Waals surface area (Å²) in [6.07, 6.45) is 1.32. The van der Waals surface area contributed by atoms with E-state index in [4.69, 9.17) is 23.2 Å². The third-order valence-corrected chi connectivity index (χ3v) is 3.43. The number of aromatic nitrogens is 2. The minimum atomic E-state index is -0.869. The molecular formula is C14H6Cl2F2N2O. The number of rotatable bonds is 1. The Bertz CT molecular complexity index is 901. The van der Waals surface area contributed by atoms with E-state index in [1.54, 1.807) is 0 Å². The Morgan fingerprint density at radius 1 is 1.10 bits per heavy atom. The molecule has 7 heteroatoms. The van der Waals surface area contributed by atoms with Gasteiger partial charge in [-0.05, 0) is 18.2 Å². The molecular weight excluding hydrogens is 321 g/mol. The van der Waals surface area contributed by atoms with E-state index in [1.165, 1.54) is 29.0 Å². The second-order valence-corrected chi connectivity index (χ2v) is 5.07. The largest absolute Gasteiger partial charge is 0.297 e. The van der Waals surface area contributed by atoms with Gasteiger partial charge in [0.15, 0.2) is 11.2 Å². The molecule has 0 aliphatic heterocycles. The smallest absolute Gasteiger partial charge is 0.191 e. The zero-order valence-corrected chi connectivity index (χ0v) is 11.8. The Morgan fingerprint density at radius 2 is 1.86 bits per heavy atom. The minimum Gasteiger partial charge on any atom is -0.297 e. The second kappa shape index (κ2) is 5.09. The van der Waals surface area contributed by atoms with Crippen LogP contribution in [-0.4, -0.2) is 9.55 Å². The van der Waals surface area contributed by atoms with Crippen LogP contribution in [0.15, 0.2) is 41.3 Å². The molecule has 2 aromatic heterocycles. The Hall–Kier alpha value is -1.98. The molecule has 106 valence electrons. The van der Waals surface area contributed by atoms with Crippen molar-refractivity contribution in [3.05, 3.63) is 68.6 Å². The first-order chi connectivity index (χ1) is 9.97. The van der Waals surface area contributed by atoms with Gasteiger partial charge in [0, 0.05) is 18.3 Å². The van der Waals surface area contributed by atoms with E-state index >= 15 is 0 Å². The van der Waals surface area contributed by atoms with Gasteiger partial charge in [-0.2, -0.15) is 0 Å². The van der Waals surface area contributed by atoms with Crippen molar-refractivity contribution in [2.75, 3.05) is 0 Å². The lowest BCUT2D eigenvalue weighted by molar-refractivity contribution is 0.578. The molecule has 21 heavy (non-hydrogen) atoms. The molecule has 3 aromatic rings. The van der Waals surface area contributed by atoms with Crippen LogP contribution < -0.4 is 5.43 Å². The molecule has 0 unspecified atom stereocenters. The molecule has 0 aliphatic rings. The highest BCUT2D eigenvalue weighted by atomic mass is 35.5. The average molecular weight is 327 g/mol. The molecule has 0 spiro atoms. The van der Waals surface area contributed by atoms with Gasteiger partial charge in [-0.25, -0.2) is 13.8 Å². The van der Waals surface area contributed by atoms with Crippen LogP contribution in [0.2, 0.25) is 10.2 Å². The molecule has 0 saturated heterocycles. The molecule has 0 N–H and O–H groups in total. The summed E-state index contributed by atoms with van der Waals surface area (Å²) >= 11 is 11.7. The van der Waals surface area contributed by atoms with Crippen LogP contribution in [-0.2, 0) is 0 Å². The van der Waals surface area contributed by atoms with Crippen LogP contribution in [0.1, 0.15) is 0 Å². The Kier molecular flexibility index (Phi) is 3.39. The molecule has 0 amide bonds. The summed E-state index contributed by atoms with van der Waals surface area (Å²) in [5.41, 5.74) is -0.246. The van der Waals surface area contributed by atoms with E-state index in [0.717, 1.165) is 6.07 Å². The summed E-state index contributed by atoms with van der Waals surface area (Å²) in [4.78, 5) is 15.8. The molecule has 3 rings (SSSR count). The highest BCUT2D eigenvalue weighted by molar-refractivity contribution is 6.32. The molecule has 0 saturated carbocycles. The van der Waals surface area contributed by atoms with Crippen molar-refractivity contribution in [2.45, 2.75) is 0 Å². The number of halogens is 4. The van der Waals surface area contributed by atoms with E-state index in [1.807, 2.05) is 0 Å². The van der Waals surface area contributed by atoms with Gasteiger partial charge in [-0.3, -0.25) is 9.36 Å². The SMILES string of the molecule is O=c1ccn(-c2c(F)cc(F)cc2Cl)c2nc(Cl)ccc12. The maximum absolute atomic E-state index is 14.0. The van der Waals surface area contributed by atoms with E-state index in [2.05, 4.69) is 4.98 Å². The van der Waals surface area contributed by atoms with Gasteiger partial charge in [0.1, 0.15) is 22.3 Å². The number of hydrogen-bond donors (Lipinski definition) is 0. The van der Waals surface area contributed by atoms with E-state index in [0.29, 0.717) is 6.07 Å². The van der Waals surface area contributed by atoms with E-state index in [9.17, 15) is 13.6 Å². The third-order valence-electron chi connectivity index (χ3n) is 2.93. The second-order valence-electron chi connectivity index (χ2n) is 4.27. The Labute approximate surface area is 127 Å². The van der Waals surface area contributed by atoms with Crippen molar-refractivity contribution < 1.29 is 8.78 Å². The van der Waals surface area contributed by atoms with E-state index in [-0.39, 0.29) is 32.3 Å². The molecule has 3 nitrogen and oxygen atoms in total. The van der Waals surface area contributed by atoms with Crippen molar-refractivity contribution in [3.63, 3.8) is 0 Å². The summed E-state index contributed by atoms with van der Waals surface area (Å²) in [6.45, 7) is 0. The van der Waals surface area contributed by atoms with Crippen LogP contribution in [0.3, 0.4) is 0 Å². The number of fused-ring (bicyclic) bond motifs is 1. The molecule has 0 bridgehead atoms. The molecule has 1 aromatic carbocycles. The fraction of sp³-hybridized carbons (Fsp3) is 0. The number of hydrogen-bond acceptors (Lipinski definition) is 2. The topological polar surface area (TPSA) is 34.9 Å². The standard InChI is InChI=1S/C14H6Cl2F2N2O/c15-9-5-7(17)6-10(18)13(9)20-4-3-11(21)8-1-2-12(16)19-14(8)20/h1-6H. The Morgan fingerprint density at radius 3 is 2.57 bits per heavy atom. The van der Waals surface area contributed by atoms with Gasteiger partial charge in [-0.1, -0.05) is 23.2 Å². The zero-order valence-electron chi connectivity index (χ0n) is 10.3. The summed E-state index contributed by atoms with van der Waals surface area (Å²) < 4.78 is 28.5. The van der Waals surface area contributed by atoms with E-state index < -0.39 is 11.6 Å². The van der Waals surface area contributed by atoms with Gasteiger partial charge < -0.3 is 0 Å². The first-order valence-electron chi connectivity index (χ1n) is 5.80.